The fourth-order valence-corrected chi connectivity index (χ4v) is 1.72. The van der Waals surface area contributed by atoms with Crippen LogP contribution in [-0.2, 0) is 4.74 Å². The summed E-state index contributed by atoms with van der Waals surface area (Å²) in [5, 5.41) is 0. The Labute approximate surface area is 79.0 Å². The molecule has 2 nitrogen and oxygen atoms in total. The minimum absolute atomic E-state index is 0.108. The second-order valence-electron chi connectivity index (χ2n) is 4.02. The van der Waals surface area contributed by atoms with Gasteiger partial charge in [-0.1, -0.05) is 18.2 Å². The third kappa shape index (κ3) is 1.41. The molecule has 2 rings (SSSR count). The molecule has 0 aromatic heterocycles. The fraction of sp³-hybridized carbons (Fsp3) is 0.545. The van der Waals surface area contributed by atoms with E-state index in [9.17, 15) is 0 Å². The van der Waals surface area contributed by atoms with Gasteiger partial charge in [-0.25, -0.2) is 4.99 Å². The van der Waals surface area contributed by atoms with Crippen LogP contribution >= 0.6 is 0 Å². The lowest BCUT2D eigenvalue weighted by atomic mass is 10.1. The second-order valence-corrected chi connectivity index (χ2v) is 4.02. The number of nitrogens with zero attached hydrogens (tertiary/aromatic N) is 1. The molecule has 1 aliphatic carbocycles. The van der Waals surface area contributed by atoms with Crippen molar-refractivity contribution in [2.24, 2.45) is 10.9 Å². The summed E-state index contributed by atoms with van der Waals surface area (Å²) < 4.78 is 5.25. The molecule has 0 aromatic carbocycles. The first-order valence-electron chi connectivity index (χ1n) is 4.65. The molecule has 0 radical (unpaired) electrons. The Morgan fingerprint density at radius 3 is 3.08 bits per heavy atom. The number of rotatable bonds is 0. The van der Waals surface area contributed by atoms with Crippen LogP contribution in [0.2, 0.25) is 0 Å². The SMILES string of the molecule is COC1=NC2(C)CC2/C=C\C=C/1C. The van der Waals surface area contributed by atoms with Crippen molar-refractivity contribution in [2.45, 2.75) is 25.8 Å². The molecule has 1 aliphatic heterocycles. The van der Waals surface area contributed by atoms with E-state index in [4.69, 9.17) is 4.74 Å². The first kappa shape index (κ1) is 8.54. The minimum Gasteiger partial charge on any atom is -0.481 e. The quantitative estimate of drug-likeness (QED) is 0.556. The summed E-state index contributed by atoms with van der Waals surface area (Å²) in [6.07, 6.45) is 7.55. The lowest BCUT2D eigenvalue weighted by Gasteiger charge is -2.10. The van der Waals surface area contributed by atoms with Crippen molar-refractivity contribution in [2.75, 3.05) is 7.11 Å². The molecule has 1 heterocycles. The molecular weight excluding hydrogens is 162 g/mol. The van der Waals surface area contributed by atoms with Gasteiger partial charge in [-0.05, 0) is 20.3 Å². The van der Waals surface area contributed by atoms with E-state index >= 15 is 0 Å². The predicted molar refractivity (Wildman–Crippen MR) is 53.9 cm³/mol. The van der Waals surface area contributed by atoms with Crippen LogP contribution in [0.4, 0.5) is 0 Å². The lowest BCUT2D eigenvalue weighted by molar-refractivity contribution is 0.396. The van der Waals surface area contributed by atoms with Crippen LogP contribution in [0, 0.1) is 5.92 Å². The normalized spacial score (nSPS) is 43.2. The molecule has 2 unspecified atom stereocenters. The topological polar surface area (TPSA) is 21.6 Å². The van der Waals surface area contributed by atoms with E-state index in [2.05, 4.69) is 30.1 Å². The minimum atomic E-state index is 0.108. The van der Waals surface area contributed by atoms with Crippen molar-refractivity contribution >= 4 is 5.90 Å². The predicted octanol–water partition coefficient (Wildman–Crippen LogP) is 2.33. The average molecular weight is 177 g/mol. The number of methoxy groups -OCH3 is 1. The van der Waals surface area contributed by atoms with E-state index in [1.807, 2.05) is 6.92 Å². The van der Waals surface area contributed by atoms with E-state index in [1.54, 1.807) is 7.11 Å². The number of ether oxygens (including phenoxy) is 1. The molecule has 1 saturated carbocycles. The highest BCUT2D eigenvalue weighted by molar-refractivity contribution is 5.93. The standard InChI is InChI=1S/C11H15NO/c1-8-5-4-6-9-7-11(9,2)12-10(8)13-3/h4-6,9H,7H2,1-3H3/b6-4-,8-5-,12-10?. The highest BCUT2D eigenvalue weighted by Crippen LogP contribution is 2.48. The van der Waals surface area contributed by atoms with Gasteiger partial charge in [0.25, 0.3) is 0 Å². The van der Waals surface area contributed by atoms with Gasteiger partial charge in [0.15, 0.2) is 0 Å². The van der Waals surface area contributed by atoms with Gasteiger partial charge in [0.05, 0.1) is 12.6 Å². The largest absolute Gasteiger partial charge is 0.481 e. The van der Waals surface area contributed by atoms with Gasteiger partial charge < -0.3 is 4.74 Å². The van der Waals surface area contributed by atoms with Crippen LogP contribution in [-0.4, -0.2) is 18.5 Å². The third-order valence-corrected chi connectivity index (χ3v) is 2.85. The van der Waals surface area contributed by atoms with Crippen LogP contribution < -0.4 is 0 Å². The number of fused-ring (bicyclic) bond motifs is 1. The lowest BCUT2D eigenvalue weighted by Crippen LogP contribution is -2.12. The van der Waals surface area contributed by atoms with E-state index in [-0.39, 0.29) is 5.54 Å². The number of aliphatic imine (C=N–C) groups is 1. The molecule has 0 spiro atoms. The van der Waals surface area contributed by atoms with Crippen LogP contribution in [0.1, 0.15) is 20.3 Å². The van der Waals surface area contributed by atoms with Crippen molar-refractivity contribution in [1.82, 2.24) is 0 Å². The molecular formula is C11H15NO. The summed E-state index contributed by atoms with van der Waals surface area (Å²) in [4.78, 5) is 4.62. The van der Waals surface area contributed by atoms with Gasteiger partial charge >= 0.3 is 0 Å². The number of hydrogen-bond acceptors (Lipinski definition) is 2. The second kappa shape index (κ2) is 2.72. The monoisotopic (exact) mass is 177 g/mol. The molecule has 13 heavy (non-hydrogen) atoms. The van der Waals surface area contributed by atoms with Gasteiger partial charge in [0.2, 0.25) is 5.90 Å². The molecule has 0 amide bonds. The van der Waals surface area contributed by atoms with E-state index < -0.39 is 0 Å². The van der Waals surface area contributed by atoms with Crippen LogP contribution in [0.15, 0.2) is 28.8 Å². The molecule has 0 N–H and O–H groups in total. The van der Waals surface area contributed by atoms with E-state index in [1.165, 1.54) is 0 Å². The molecule has 0 aromatic rings. The van der Waals surface area contributed by atoms with Crippen molar-refractivity contribution in [3.63, 3.8) is 0 Å². The summed E-state index contributed by atoms with van der Waals surface area (Å²) in [6, 6.07) is 0. The summed E-state index contributed by atoms with van der Waals surface area (Å²) >= 11 is 0. The zero-order valence-corrected chi connectivity index (χ0v) is 8.37. The number of hydrogen-bond donors (Lipinski definition) is 0. The Hall–Kier alpha value is -1.05. The average Bonchev–Trinajstić information content (AvgIpc) is 2.70. The Balaban J connectivity index is 2.36. The molecule has 1 fully saturated rings. The highest BCUT2D eigenvalue weighted by atomic mass is 16.5. The maximum absolute atomic E-state index is 5.25. The third-order valence-electron chi connectivity index (χ3n) is 2.85. The van der Waals surface area contributed by atoms with Crippen LogP contribution in [0.3, 0.4) is 0 Å². The Morgan fingerprint density at radius 2 is 2.38 bits per heavy atom. The van der Waals surface area contributed by atoms with Crippen molar-refractivity contribution in [3.05, 3.63) is 23.8 Å². The van der Waals surface area contributed by atoms with Crippen molar-refractivity contribution < 1.29 is 4.74 Å². The van der Waals surface area contributed by atoms with Gasteiger partial charge in [0.1, 0.15) is 0 Å². The molecule has 2 atom stereocenters. The molecule has 0 bridgehead atoms. The fourth-order valence-electron chi connectivity index (χ4n) is 1.72. The maximum Gasteiger partial charge on any atom is 0.211 e. The Bertz CT molecular complexity index is 314. The summed E-state index contributed by atoms with van der Waals surface area (Å²) in [5.74, 6) is 1.40. The van der Waals surface area contributed by atoms with Crippen LogP contribution in [0.25, 0.3) is 0 Å². The van der Waals surface area contributed by atoms with Gasteiger partial charge in [-0.3, -0.25) is 0 Å². The summed E-state index contributed by atoms with van der Waals surface area (Å²) in [5.41, 5.74) is 1.21. The van der Waals surface area contributed by atoms with Crippen LogP contribution in [0.5, 0.6) is 0 Å². The smallest absolute Gasteiger partial charge is 0.211 e. The highest BCUT2D eigenvalue weighted by Gasteiger charge is 2.49. The van der Waals surface area contributed by atoms with Gasteiger partial charge in [0, 0.05) is 11.5 Å². The summed E-state index contributed by atoms with van der Waals surface area (Å²) in [7, 11) is 1.68. The molecule has 0 saturated heterocycles. The van der Waals surface area contributed by atoms with Crippen molar-refractivity contribution in [3.8, 4) is 0 Å². The zero-order valence-electron chi connectivity index (χ0n) is 8.37. The Kier molecular flexibility index (Phi) is 1.79. The van der Waals surface area contributed by atoms with Gasteiger partial charge in [-0.15, -0.1) is 0 Å². The first-order chi connectivity index (χ1) is 6.15. The van der Waals surface area contributed by atoms with E-state index in [0.29, 0.717) is 5.92 Å². The van der Waals surface area contributed by atoms with Crippen molar-refractivity contribution in [1.29, 1.82) is 0 Å². The molecule has 2 aliphatic rings. The zero-order chi connectivity index (χ0) is 9.47. The summed E-state index contributed by atoms with van der Waals surface area (Å²) in [6.45, 7) is 4.21. The molecule has 70 valence electrons. The molecule has 2 heteroatoms. The number of allylic oxidation sites excluding steroid dienone is 2. The van der Waals surface area contributed by atoms with Gasteiger partial charge in [-0.2, -0.15) is 0 Å². The maximum atomic E-state index is 5.25. The Morgan fingerprint density at radius 1 is 1.62 bits per heavy atom. The first-order valence-corrected chi connectivity index (χ1v) is 4.65. The van der Waals surface area contributed by atoms with E-state index in [0.717, 1.165) is 17.9 Å².